The Bertz CT molecular complexity index is 431. The maximum Gasteiger partial charge on any atom is 0.123 e. The third kappa shape index (κ3) is 2.12. The first-order chi connectivity index (χ1) is 8.75. The zero-order valence-electron chi connectivity index (χ0n) is 11.0. The number of hydrogen-bond acceptors (Lipinski definition) is 2. The van der Waals surface area contributed by atoms with Gasteiger partial charge in [-0.1, -0.05) is 12.8 Å². The molecule has 1 aromatic carbocycles. The number of hydrogen-bond donors (Lipinski definition) is 1. The molecule has 1 saturated heterocycles. The van der Waals surface area contributed by atoms with Crippen molar-refractivity contribution in [1.29, 1.82) is 0 Å². The summed E-state index contributed by atoms with van der Waals surface area (Å²) in [5.74, 6) is -0.133. The molecule has 2 unspecified atom stereocenters. The average molecular weight is 248 g/mol. The zero-order valence-corrected chi connectivity index (χ0v) is 11.0. The molecule has 1 saturated carbocycles. The molecule has 2 aliphatic rings. The minimum atomic E-state index is -0.133. The molecule has 1 aliphatic heterocycles. The monoisotopic (exact) mass is 248 g/mol. The van der Waals surface area contributed by atoms with E-state index in [0.29, 0.717) is 12.1 Å². The number of benzene rings is 1. The van der Waals surface area contributed by atoms with Crippen LogP contribution in [0.5, 0.6) is 0 Å². The van der Waals surface area contributed by atoms with Gasteiger partial charge < -0.3 is 10.2 Å². The minimum absolute atomic E-state index is 0.133. The molecule has 98 valence electrons. The highest BCUT2D eigenvalue weighted by Gasteiger charge is 2.33. The number of fused-ring (bicyclic) bond motifs is 1. The highest BCUT2D eigenvalue weighted by Crippen LogP contribution is 2.31. The number of nitrogens with one attached hydrogen (secondary N) is 1. The Labute approximate surface area is 108 Å². The quantitative estimate of drug-likeness (QED) is 0.822. The number of nitrogens with zero attached hydrogens (tertiary/aromatic N) is 1. The highest BCUT2D eigenvalue weighted by molar-refractivity contribution is 5.55. The van der Waals surface area contributed by atoms with Gasteiger partial charge in [0.2, 0.25) is 0 Å². The van der Waals surface area contributed by atoms with E-state index in [0.717, 1.165) is 18.7 Å². The van der Waals surface area contributed by atoms with Gasteiger partial charge in [0.25, 0.3) is 0 Å². The molecule has 0 radical (unpaired) electrons. The van der Waals surface area contributed by atoms with Crippen LogP contribution in [-0.4, -0.2) is 25.2 Å². The van der Waals surface area contributed by atoms with E-state index in [1.807, 2.05) is 13.0 Å². The summed E-state index contributed by atoms with van der Waals surface area (Å²) in [6.45, 7) is 4.09. The minimum Gasteiger partial charge on any atom is -0.365 e. The van der Waals surface area contributed by atoms with Crippen molar-refractivity contribution in [1.82, 2.24) is 5.32 Å². The van der Waals surface area contributed by atoms with Gasteiger partial charge in [0.05, 0.1) is 0 Å². The SMILES string of the molecule is Cc1cc(F)ccc1N1CCNC2CCCCC21. The van der Waals surface area contributed by atoms with Gasteiger partial charge in [-0.05, 0) is 43.5 Å². The van der Waals surface area contributed by atoms with Gasteiger partial charge in [-0.3, -0.25) is 0 Å². The van der Waals surface area contributed by atoms with Crippen molar-refractivity contribution in [2.24, 2.45) is 0 Å². The summed E-state index contributed by atoms with van der Waals surface area (Å²) in [4.78, 5) is 2.50. The van der Waals surface area contributed by atoms with E-state index in [2.05, 4.69) is 10.2 Å². The van der Waals surface area contributed by atoms with Crippen LogP contribution in [0.25, 0.3) is 0 Å². The second-order valence-electron chi connectivity index (χ2n) is 5.54. The van der Waals surface area contributed by atoms with Crippen molar-refractivity contribution < 1.29 is 4.39 Å². The third-order valence-corrected chi connectivity index (χ3v) is 4.36. The first kappa shape index (κ1) is 12.0. The van der Waals surface area contributed by atoms with Crippen molar-refractivity contribution in [3.05, 3.63) is 29.6 Å². The lowest BCUT2D eigenvalue weighted by atomic mass is 9.87. The van der Waals surface area contributed by atoms with Gasteiger partial charge in [-0.2, -0.15) is 0 Å². The van der Waals surface area contributed by atoms with Gasteiger partial charge in [-0.25, -0.2) is 4.39 Å². The Kier molecular flexibility index (Phi) is 3.25. The molecule has 0 spiro atoms. The second-order valence-corrected chi connectivity index (χ2v) is 5.54. The summed E-state index contributed by atoms with van der Waals surface area (Å²) in [6, 6.07) is 6.40. The Hall–Kier alpha value is -1.09. The van der Waals surface area contributed by atoms with E-state index in [1.165, 1.54) is 31.4 Å². The first-order valence-electron chi connectivity index (χ1n) is 7.02. The zero-order chi connectivity index (χ0) is 12.5. The number of halogens is 1. The van der Waals surface area contributed by atoms with Crippen LogP contribution in [0, 0.1) is 12.7 Å². The van der Waals surface area contributed by atoms with Crippen LogP contribution in [0.4, 0.5) is 10.1 Å². The maximum atomic E-state index is 13.2. The normalized spacial score (nSPS) is 28.0. The Balaban J connectivity index is 1.89. The van der Waals surface area contributed by atoms with Crippen LogP contribution in [0.2, 0.25) is 0 Å². The summed E-state index contributed by atoms with van der Waals surface area (Å²) >= 11 is 0. The fourth-order valence-electron chi connectivity index (χ4n) is 3.50. The van der Waals surface area contributed by atoms with Crippen molar-refractivity contribution in [2.75, 3.05) is 18.0 Å². The molecule has 18 heavy (non-hydrogen) atoms. The molecule has 2 nitrogen and oxygen atoms in total. The fourth-order valence-corrected chi connectivity index (χ4v) is 3.50. The highest BCUT2D eigenvalue weighted by atomic mass is 19.1. The van der Waals surface area contributed by atoms with E-state index < -0.39 is 0 Å². The van der Waals surface area contributed by atoms with Crippen molar-refractivity contribution >= 4 is 5.69 Å². The summed E-state index contributed by atoms with van der Waals surface area (Å²) in [5.41, 5.74) is 2.27. The Morgan fingerprint density at radius 1 is 1.28 bits per heavy atom. The summed E-state index contributed by atoms with van der Waals surface area (Å²) < 4.78 is 13.2. The summed E-state index contributed by atoms with van der Waals surface area (Å²) in [7, 11) is 0. The van der Waals surface area contributed by atoms with E-state index in [1.54, 1.807) is 12.1 Å². The number of aryl methyl sites for hydroxylation is 1. The van der Waals surface area contributed by atoms with Gasteiger partial charge >= 0.3 is 0 Å². The third-order valence-electron chi connectivity index (χ3n) is 4.36. The smallest absolute Gasteiger partial charge is 0.123 e. The van der Waals surface area contributed by atoms with E-state index in [4.69, 9.17) is 0 Å². The molecule has 3 heteroatoms. The summed E-state index contributed by atoms with van der Waals surface area (Å²) in [6.07, 6.45) is 5.19. The van der Waals surface area contributed by atoms with Crippen molar-refractivity contribution in [3.63, 3.8) is 0 Å². The largest absolute Gasteiger partial charge is 0.365 e. The lowest BCUT2D eigenvalue weighted by Gasteiger charge is -2.46. The standard InChI is InChI=1S/C15H21FN2/c1-11-10-12(16)6-7-14(11)18-9-8-17-13-4-2-3-5-15(13)18/h6-7,10,13,15,17H,2-5,8-9H2,1H3. The molecule has 1 heterocycles. The lowest BCUT2D eigenvalue weighted by Crippen LogP contribution is -2.59. The molecule has 2 atom stereocenters. The molecular weight excluding hydrogens is 227 g/mol. The predicted molar refractivity (Wildman–Crippen MR) is 72.5 cm³/mol. The van der Waals surface area contributed by atoms with E-state index in [9.17, 15) is 4.39 Å². The number of anilines is 1. The number of piperazine rings is 1. The van der Waals surface area contributed by atoms with Crippen LogP contribution in [-0.2, 0) is 0 Å². The second kappa shape index (κ2) is 4.88. The molecule has 2 fully saturated rings. The Morgan fingerprint density at radius 3 is 2.94 bits per heavy atom. The van der Waals surface area contributed by atoms with Gasteiger partial charge in [0.1, 0.15) is 5.82 Å². The average Bonchev–Trinajstić information content (AvgIpc) is 2.38. The van der Waals surface area contributed by atoms with Gasteiger partial charge in [-0.15, -0.1) is 0 Å². The van der Waals surface area contributed by atoms with Gasteiger partial charge in [0, 0.05) is 30.9 Å². The van der Waals surface area contributed by atoms with Crippen LogP contribution in [0.1, 0.15) is 31.2 Å². The molecule has 1 aromatic rings. The maximum absolute atomic E-state index is 13.2. The molecule has 1 N–H and O–H groups in total. The molecule has 0 aromatic heterocycles. The molecule has 0 amide bonds. The number of rotatable bonds is 1. The summed E-state index contributed by atoms with van der Waals surface area (Å²) in [5, 5.41) is 3.64. The first-order valence-corrected chi connectivity index (χ1v) is 7.02. The molecule has 0 bridgehead atoms. The predicted octanol–water partition coefficient (Wildman–Crippen LogP) is 2.85. The lowest BCUT2D eigenvalue weighted by molar-refractivity contribution is 0.284. The molecule has 3 rings (SSSR count). The fraction of sp³-hybridized carbons (Fsp3) is 0.600. The van der Waals surface area contributed by atoms with Gasteiger partial charge in [0.15, 0.2) is 0 Å². The topological polar surface area (TPSA) is 15.3 Å². The van der Waals surface area contributed by atoms with Crippen molar-refractivity contribution in [2.45, 2.75) is 44.7 Å². The van der Waals surface area contributed by atoms with Crippen LogP contribution >= 0.6 is 0 Å². The van der Waals surface area contributed by atoms with Crippen molar-refractivity contribution in [3.8, 4) is 0 Å². The van der Waals surface area contributed by atoms with Crippen LogP contribution in [0.15, 0.2) is 18.2 Å². The van der Waals surface area contributed by atoms with Crippen LogP contribution in [0.3, 0.4) is 0 Å². The van der Waals surface area contributed by atoms with E-state index >= 15 is 0 Å². The van der Waals surface area contributed by atoms with E-state index in [-0.39, 0.29) is 5.82 Å². The van der Waals surface area contributed by atoms with Crippen LogP contribution < -0.4 is 10.2 Å². The Morgan fingerprint density at radius 2 is 2.11 bits per heavy atom. The molecule has 1 aliphatic carbocycles. The molecular formula is C15H21FN2.